The van der Waals surface area contributed by atoms with Crippen LogP contribution < -0.4 is 4.74 Å². The lowest BCUT2D eigenvalue weighted by Gasteiger charge is -2.23. The van der Waals surface area contributed by atoms with E-state index in [1.165, 1.54) is 5.56 Å². The lowest BCUT2D eigenvalue weighted by Crippen LogP contribution is -2.41. The maximum absolute atomic E-state index is 12.9. The number of thioether (sulfide) groups is 1. The van der Waals surface area contributed by atoms with Gasteiger partial charge in [-0.25, -0.2) is 4.99 Å². The van der Waals surface area contributed by atoms with Gasteiger partial charge in [0, 0.05) is 11.8 Å². The quantitative estimate of drug-likeness (QED) is 0.777. The number of aryl methyl sites for hydroxylation is 1. The summed E-state index contributed by atoms with van der Waals surface area (Å²) in [5.74, 6) is 1.09. The van der Waals surface area contributed by atoms with Gasteiger partial charge in [-0.05, 0) is 37.6 Å². The molecular weight excluding hydrogens is 358 g/mol. The van der Waals surface area contributed by atoms with E-state index in [4.69, 9.17) is 10.00 Å². The summed E-state index contributed by atoms with van der Waals surface area (Å²) in [7, 11) is 0. The summed E-state index contributed by atoms with van der Waals surface area (Å²) in [6.07, 6.45) is 0.848. The van der Waals surface area contributed by atoms with Crippen molar-refractivity contribution in [2.24, 2.45) is 4.99 Å². The van der Waals surface area contributed by atoms with E-state index >= 15 is 0 Å². The van der Waals surface area contributed by atoms with Crippen LogP contribution in [0.15, 0.2) is 53.5 Å². The summed E-state index contributed by atoms with van der Waals surface area (Å²) in [5, 5.41) is 9.85. The van der Waals surface area contributed by atoms with Crippen LogP contribution in [-0.4, -0.2) is 34.4 Å². The second-order valence-corrected chi connectivity index (χ2v) is 7.25. The average Bonchev–Trinajstić information content (AvgIpc) is 3.10. The molecule has 0 N–H and O–H groups in total. The molecule has 5 nitrogen and oxygen atoms in total. The summed E-state index contributed by atoms with van der Waals surface area (Å²) in [6.45, 7) is 3.97. The van der Waals surface area contributed by atoms with Gasteiger partial charge in [0.05, 0.1) is 11.3 Å². The number of carbonyl (C=O) groups is 1. The van der Waals surface area contributed by atoms with Crippen LogP contribution in [0.1, 0.15) is 24.5 Å². The van der Waals surface area contributed by atoms with Crippen molar-refractivity contribution in [1.29, 1.82) is 5.26 Å². The SMILES string of the molecule is CC[C@H]1CSC(=Nc2ccc(C)cc2)N1C(=O)COc1ccccc1C#N. The van der Waals surface area contributed by atoms with Crippen molar-refractivity contribution < 1.29 is 9.53 Å². The van der Waals surface area contributed by atoms with E-state index in [2.05, 4.69) is 18.0 Å². The molecule has 138 valence electrons. The molecule has 0 aromatic heterocycles. The number of nitrogens with zero attached hydrogens (tertiary/aromatic N) is 3. The molecule has 1 aliphatic rings. The van der Waals surface area contributed by atoms with E-state index in [1.54, 1.807) is 40.9 Å². The van der Waals surface area contributed by atoms with Gasteiger partial charge < -0.3 is 4.74 Å². The normalized spacial score (nSPS) is 17.7. The monoisotopic (exact) mass is 379 g/mol. The maximum atomic E-state index is 12.9. The van der Waals surface area contributed by atoms with Crippen LogP contribution in [0.4, 0.5) is 5.69 Å². The Balaban J connectivity index is 1.77. The van der Waals surface area contributed by atoms with Gasteiger partial charge in [0.15, 0.2) is 11.8 Å². The highest BCUT2D eigenvalue weighted by Gasteiger charge is 2.34. The van der Waals surface area contributed by atoms with Gasteiger partial charge in [0.25, 0.3) is 5.91 Å². The molecule has 0 spiro atoms. The molecule has 27 heavy (non-hydrogen) atoms. The lowest BCUT2D eigenvalue weighted by molar-refractivity contribution is -0.130. The Morgan fingerprint density at radius 1 is 1.30 bits per heavy atom. The number of carbonyl (C=O) groups excluding carboxylic acids is 1. The van der Waals surface area contributed by atoms with E-state index in [1.807, 2.05) is 31.2 Å². The largest absolute Gasteiger partial charge is 0.482 e. The van der Waals surface area contributed by atoms with E-state index in [9.17, 15) is 4.79 Å². The van der Waals surface area contributed by atoms with Crippen molar-refractivity contribution >= 4 is 28.5 Å². The molecule has 0 aliphatic carbocycles. The first-order valence-electron chi connectivity index (χ1n) is 8.84. The Hall–Kier alpha value is -2.78. The van der Waals surface area contributed by atoms with Gasteiger partial charge in [-0.3, -0.25) is 9.69 Å². The van der Waals surface area contributed by atoms with Gasteiger partial charge >= 0.3 is 0 Å². The van der Waals surface area contributed by atoms with Crippen LogP contribution >= 0.6 is 11.8 Å². The zero-order chi connectivity index (χ0) is 19.2. The Labute approximate surface area is 163 Å². The Morgan fingerprint density at radius 2 is 2.04 bits per heavy atom. The van der Waals surface area contributed by atoms with Crippen LogP contribution in [0.2, 0.25) is 0 Å². The number of nitriles is 1. The van der Waals surface area contributed by atoms with Crippen LogP contribution in [0.5, 0.6) is 5.75 Å². The van der Waals surface area contributed by atoms with Gasteiger partial charge in [-0.15, -0.1) is 0 Å². The summed E-state index contributed by atoms with van der Waals surface area (Å²) in [6, 6.07) is 17.0. The number of amides is 1. The minimum absolute atomic E-state index is 0.0986. The fourth-order valence-corrected chi connectivity index (χ4v) is 4.08. The third-order valence-electron chi connectivity index (χ3n) is 4.33. The Kier molecular flexibility index (Phi) is 6.15. The highest BCUT2D eigenvalue weighted by molar-refractivity contribution is 8.14. The highest BCUT2D eigenvalue weighted by atomic mass is 32.2. The second kappa shape index (κ2) is 8.74. The molecule has 3 rings (SSSR count). The Bertz CT molecular complexity index is 887. The minimum Gasteiger partial charge on any atom is -0.482 e. The van der Waals surface area contributed by atoms with E-state index in [-0.39, 0.29) is 18.6 Å². The van der Waals surface area contributed by atoms with Crippen LogP contribution in [-0.2, 0) is 4.79 Å². The van der Waals surface area contributed by atoms with Crippen LogP contribution in [0.3, 0.4) is 0 Å². The zero-order valence-corrected chi connectivity index (χ0v) is 16.2. The molecule has 0 radical (unpaired) electrons. The predicted octanol–water partition coefficient (Wildman–Crippen LogP) is 4.29. The predicted molar refractivity (Wildman–Crippen MR) is 108 cm³/mol. The maximum Gasteiger partial charge on any atom is 0.266 e. The molecule has 6 heteroatoms. The first-order chi connectivity index (χ1) is 13.1. The fourth-order valence-electron chi connectivity index (χ4n) is 2.79. The highest BCUT2D eigenvalue weighted by Crippen LogP contribution is 2.29. The average molecular weight is 379 g/mol. The molecule has 1 fully saturated rings. The van der Waals surface area contributed by atoms with Crippen molar-refractivity contribution in [1.82, 2.24) is 4.90 Å². The first-order valence-corrected chi connectivity index (χ1v) is 9.83. The number of para-hydroxylation sites is 1. The molecule has 1 atom stereocenters. The summed E-state index contributed by atoms with van der Waals surface area (Å²) >= 11 is 1.59. The Morgan fingerprint density at radius 3 is 2.74 bits per heavy atom. The topological polar surface area (TPSA) is 65.7 Å². The van der Waals surface area contributed by atoms with Gasteiger partial charge in [0.2, 0.25) is 0 Å². The van der Waals surface area contributed by atoms with E-state index in [0.29, 0.717) is 16.5 Å². The number of hydrogen-bond acceptors (Lipinski definition) is 5. The lowest BCUT2D eigenvalue weighted by atomic mass is 10.2. The van der Waals surface area contributed by atoms with Gasteiger partial charge in [-0.2, -0.15) is 5.26 Å². The number of ether oxygens (including phenoxy) is 1. The van der Waals surface area contributed by atoms with Crippen LogP contribution in [0, 0.1) is 18.3 Å². The molecule has 0 bridgehead atoms. The summed E-state index contributed by atoms with van der Waals surface area (Å²) in [4.78, 5) is 19.3. The number of aliphatic imine (C=N–C) groups is 1. The van der Waals surface area contributed by atoms with Crippen molar-refractivity contribution in [3.8, 4) is 11.8 Å². The van der Waals surface area contributed by atoms with E-state index in [0.717, 1.165) is 17.9 Å². The molecule has 1 amide bonds. The number of benzene rings is 2. The second-order valence-electron chi connectivity index (χ2n) is 6.26. The van der Waals surface area contributed by atoms with Crippen LogP contribution in [0.25, 0.3) is 0 Å². The first kappa shape index (κ1) is 19.0. The van der Waals surface area contributed by atoms with Crippen molar-refractivity contribution in [2.45, 2.75) is 26.3 Å². The fraction of sp³-hybridized carbons (Fsp3) is 0.286. The smallest absolute Gasteiger partial charge is 0.266 e. The third kappa shape index (κ3) is 4.50. The molecular formula is C21H21N3O2S. The molecule has 2 aromatic carbocycles. The van der Waals surface area contributed by atoms with Crippen molar-refractivity contribution in [2.75, 3.05) is 12.4 Å². The van der Waals surface area contributed by atoms with Gasteiger partial charge in [0.1, 0.15) is 11.8 Å². The molecule has 1 aliphatic heterocycles. The summed E-state index contributed by atoms with van der Waals surface area (Å²) in [5.41, 5.74) is 2.41. The zero-order valence-electron chi connectivity index (χ0n) is 15.4. The number of amidine groups is 1. The molecule has 2 aromatic rings. The molecule has 1 heterocycles. The minimum atomic E-state index is -0.148. The number of rotatable bonds is 5. The molecule has 1 saturated heterocycles. The molecule has 0 saturated carbocycles. The van der Waals surface area contributed by atoms with Crippen molar-refractivity contribution in [3.05, 3.63) is 59.7 Å². The molecule has 0 unspecified atom stereocenters. The van der Waals surface area contributed by atoms with Gasteiger partial charge in [-0.1, -0.05) is 48.5 Å². The number of hydrogen-bond donors (Lipinski definition) is 0. The third-order valence-corrected chi connectivity index (χ3v) is 5.43. The standard InChI is InChI=1S/C21H21N3O2S/c1-3-18-14-27-21(23-17-10-8-15(2)9-11-17)24(18)20(25)13-26-19-7-5-4-6-16(19)12-22/h4-11,18H,3,13-14H2,1-2H3/t18-/m0/s1. The van der Waals surface area contributed by atoms with E-state index < -0.39 is 0 Å². The summed E-state index contributed by atoms with van der Waals surface area (Å²) < 4.78 is 5.63. The van der Waals surface area contributed by atoms with Crippen molar-refractivity contribution in [3.63, 3.8) is 0 Å².